The van der Waals surface area contributed by atoms with Gasteiger partial charge in [-0.3, -0.25) is 4.79 Å². The third-order valence-corrected chi connectivity index (χ3v) is 1.40. The van der Waals surface area contributed by atoms with Crippen molar-refractivity contribution in [1.82, 2.24) is 0 Å². The lowest BCUT2D eigenvalue weighted by atomic mass is 10.2. The Morgan fingerprint density at radius 1 is 1.29 bits per heavy atom. The largest absolute Gasteiger partial charge is 0.478 e. The predicted octanol–water partition coefficient (Wildman–Crippen LogP) is 2.02. The molecule has 0 atom stereocenters. The van der Waals surface area contributed by atoms with Crippen LogP contribution in [-0.4, -0.2) is 17.4 Å². The van der Waals surface area contributed by atoms with Gasteiger partial charge in [-0.2, -0.15) is 0 Å². The summed E-state index contributed by atoms with van der Waals surface area (Å²) in [5.74, 6) is -1.88. The molecule has 0 heterocycles. The van der Waals surface area contributed by atoms with Crippen LogP contribution in [0.5, 0.6) is 0 Å². The quantitative estimate of drug-likeness (QED) is 0.427. The molecule has 0 saturated carbocycles. The van der Waals surface area contributed by atoms with E-state index in [9.17, 15) is 14.0 Å². The highest BCUT2D eigenvalue weighted by molar-refractivity contribution is 5.81. The molecule has 0 spiro atoms. The molecule has 0 bridgehead atoms. The Bertz CT molecular complexity index is 324. The van der Waals surface area contributed by atoms with Gasteiger partial charge >= 0.3 is 5.97 Å². The summed E-state index contributed by atoms with van der Waals surface area (Å²) in [6.07, 6.45) is 3.68. The van der Waals surface area contributed by atoms with Crippen LogP contribution in [0.1, 0.15) is 13.8 Å². The molecule has 0 fully saturated rings. The van der Waals surface area contributed by atoms with E-state index in [4.69, 9.17) is 5.11 Å². The summed E-state index contributed by atoms with van der Waals surface area (Å²) in [7, 11) is 0. The molecule has 0 unspecified atom stereocenters. The summed E-state index contributed by atoms with van der Waals surface area (Å²) in [6.45, 7) is 2.86. The Morgan fingerprint density at radius 3 is 2.29 bits per heavy atom. The molecule has 0 aromatic carbocycles. The molecule has 0 aliphatic rings. The van der Waals surface area contributed by atoms with Crippen LogP contribution < -0.4 is 0 Å². The van der Waals surface area contributed by atoms with Gasteiger partial charge in [0.15, 0.2) is 0 Å². The molecule has 0 aliphatic heterocycles. The van der Waals surface area contributed by atoms with E-state index in [1.54, 1.807) is 0 Å². The Morgan fingerprint density at radius 2 is 1.86 bits per heavy atom. The van der Waals surface area contributed by atoms with Gasteiger partial charge in [-0.15, -0.1) is 0 Å². The molecule has 0 aliphatic carbocycles. The Balaban J connectivity index is 4.70. The zero-order valence-corrected chi connectivity index (χ0v) is 7.95. The van der Waals surface area contributed by atoms with E-state index in [1.807, 2.05) is 0 Å². The van der Waals surface area contributed by atoms with Gasteiger partial charge in [-0.05, 0) is 31.1 Å². The van der Waals surface area contributed by atoms with E-state index >= 15 is 0 Å². The van der Waals surface area contributed by atoms with Crippen LogP contribution in [0.15, 0.2) is 35.2 Å². The molecule has 0 amide bonds. The van der Waals surface area contributed by atoms with Gasteiger partial charge in [0.25, 0.3) is 0 Å². The zero-order chi connectivity index (χ0) is 11.1. The molecule has 0 saturated heterocycles. The average molecular weight is 198 g/mol. The third kappa shape index (κ3) is 5.03. The van der Waals surface area contributed by atoms with Crippen LogP contribution in [0.3, 0.4) is 0 Å². The summed E-state index contributed by atoms with van der Waals surface area (Å²) in [5.41, 5.74) is 0.371. The van der Waals surface area contributed by atoms with Crippen molar-refractivity contribution in [3.8, 4) is 0 Å². The summed E-state index contributed by atoms with van der Waals surface area (Å²) in [5, 5.41) is 8.31. The molecule has 0 radical (unpaired) electrons. The number of aldehydes is 1. The molecule has 0 rings (SSSR count). The SMILES string of the molecule is C\C(C=O)=C/C=C(F)/C(C)=C/C(=O)O. The first-order chi connectivity index (χ1) is 6.47. The van der Waals surface area contributed by atoms with Crippen molar-refractivity contribution in [3.63, 3.8) is 0 Å². The number of rotatable bonds is 4. The van der Waals surface area contributed by atoms with Crippen LogP contribution in [0.2, 0.25) is 0 Å². The van der Waals surface area contributed by atoms with Crippen LogP contribution in [-0.2, 0) is 9.59 Å². The molecule has 0 aromatic heterocycles. The predicted molar refractivity (Wildman–Crippen MR) is 50.4 cm³/mol. The van der Waals surface area contributed by atoms with Crippen molar-refractivity contribution >= 4 is 12.3 Å². The topological polar surface area (TPSA) is 54.4 Å². The fourth-order valence-electron chi connectivity index (χ4n) is 0.629. The third-order valence-electron chi connectivity index (χ3n) is 1.40. The maximum absolute atomic E-state index is 13.0. The minimum absolute atomic E-state index is 0.00690. The van der Waals surface area contributed by atoms with Crippen molar-refractivity contribution < 1.29 is 19.1 Å². The van der Waals surface area contributed by atoms with E-state index in [0.717, 1.165) is 12.2 Å². The fourth-order valence-corrected chi connectivity index (χ4v) is 0.629. The van der Waals surface area contributed by atoms with Crippen molar-refractivity contribution in [3.05, 3.63) is 35.2 Å². The van der Waals surface area contributed by atoms with Crippen molar-refractivity contribution in [2.24, 2.45) is 0 Å². The molecular formula is C10H11FO3. The van der Waals surface area contributed by atoms with Gasteiger partial charge < -0.3 is 5.11 Å². The van der Waals surface area contributed by atoms with Crippen LogP contribution in [0.4, 0.5) is 4.39 Å². The summed E-state index contributed by atoms with van der Waals surface area (Å²) < 4.78 is 13.0. The second kappa shape index (κ2) is 5.85. The second-order valence-electron chi connectivity index (χ2n) is 2.71. The smallest absolute Gasteiger partial charge is 0.328 e. The highest BCUT2D eigenvalue weighted by atomic mass is 19.1. The number of carboxylic acids is 1. The number of carbonyl (C=O) groups is 2. The molecule has 4 heteroatoms. The average Bonchev–Trinajstić information content (AvgIpc) is 2.12. The normalized spacial score (nSPS) is 14.1. The minimum atomic E-state index is -1.21. The Labute approximate surface area is 81.2 Å². The van der Waals surface area contributed by atoms with E-state index in [-0.39, 0.29) is 5.57 Å². The first-order valence-electron chi connectivity index (χ1n) is 3.88. The van der Waals surface area contributed by atoms with Crippen LogP contribution >= 0.6 is 0 Å². The lowest BCUT2D eigenvalue weighted by Crippen LogP contribution is -1.90. The van der Waals surface area contributed by atoms with Gasteiger partial charge in [-0.1, -0.05) is 6.08 Å². The zero-order valence-electron chi connectivity index (χ0n) is 7.95. The second-order valence-corrected chi connectivity index (χ2v) is 2.71. The van der Waals surface area contributed by atoms with E-state index in [1.165, 1.54) is 19.9 Å². The number of carboxylic acid groups (broad SMARTS) is 1. The lowest BCUT2D eigenvalue weighted by Gasteiger charge is -1.93. The standard InChI is InChI=1S/C10H11FO3/c1-7(6-12)3-4-9(11)8(2)5-10(13)14/h3-6H,1-2H3,(H,13,14)/b7-3+,8-5+,9-4-. The number of carbonyl (C=O) groups excluding carboxylic acids is 1. The lowest BCUT2D eigenvalue weighted by molar-refractivity contribution is -0.131. The van der Waals surface area contributed by atoms with Crippen LogP contribution in [0.25, 0.3) is 0 Å². The molecule has 14 heavy (non-hydrogen) atoms. The Kier molecular flexibility index (Phi) is 5.14. The van der Waals surface area contributed by atoms with Crippen molar-refractivity contribution in [1.29, 1.82) is 0 Å². The van der Waals surface area contributed by atoms with Gasteiger partial charge in [-0.25, -0.2) is 9.18 Å². The maximum atomic E-state index is 13.0. The summed E-state index contributed by atoms with van der Waals surface area (Å²) >= 11 is 0. The summed E-state index contributed by atoms with van der Waals surface area (Å²) in [4.78, 5) is 20.3. The van der Waals surface area contributed by atoms with Gasteiger partial charge in [0.05, 0.1) is 0 Å². The number of hydrogen-bond donors (Lipinski definition) is 1. The molecule has 3 nitrogen and oxygen atoms in total. The summed E-state index contributed by atoms with van der Waals surface area (Å²) in [6, 6.07) is 0. The molecule has 76 valence electrons. The molecule has 1 N–H and O–H groups in total. The Hall–Kier alpha value is -1.71. The van der Waals surface area contributed by atoms with Crippen LogP contribution in [0, 0.1) is 0 Å². The minimum Gasteiger partial charge on any atom is -0.478 e. The van der Waals surface area contributed by atoms with E-state index in [0.29, 0.717) is 11.9 Å². The highest BCUT2D eigenvalue weighted by Crippen LogP contribution is 2.10. The fraction of sp³-hybridized carbons (Fsp3) is 0.200. The van der Waals surface area contributed by atoms with E-state index < -0.39 is 11.8 Å². The van der Waals surface area contributed by atoms with Gasteiger partial charge in [0.1, 0.15) is 12.1 Å². The monoisotopic (exact) mass is 198 g/mol. The maximum Gasteiger partial charge on any atom is 0.328 e. The van der Waals surface area contributed by atoms with Crippen molar-refractivity contribution in [2.75, 3.05) is 0 Å². The molecular weight excluding hydrogens is 187 g/mol. The van der Waals surface area contributed by atoms with Crippen molar-refractivity contribution in [2.45, 2.75) is 13.8 Å². The highest BCUT2D eigenvalue weighted by Gasteiger charge is 1.99. The van der Waals surface area contributed by atoms with Gasteiger partial charge in [0, 0.05) is 6.08 Å². The van der Waals surface area contributed by atoms with Gasteiger partial charge in [0.2, 0.25) is 0 Å². The number of allylic oxidation sites excluding steroid dienone is 5. The number of aliphatic carboxylic acids is 1. The van der Waals surface area contributed by atoms with E-state index in [2.05, 4.69) is 0 Å². The first kappa shape index (κ1) is 12.3. The molecule has 0 aromatic rings. The number of hydrogen-bond acceptors (Lipinski definition) is 2. The number of halogens is 1. The first-order valence-corrected chi connectivity index (χ1v) is 3.88.